The Labute approximate surface area is 126 Å². The Hall–Kier alpha value is -1.30. The molecule has 1 aromatic heterocycles. The van der Waals surface area contributed by atoms with Crippen molar-refractivity contribution < 1.29 is 4.74 Å². The molecule has 1 unspecified atom stereocenters. The third-order valence-electron chi connectivity index (χ3n) is 3.27. The molecular weight excluding hydrogens is 318 g/mol. The number of morpholine rings is 1. The van der Waals surface area contributed by atoms with Gasteiger partial charge in [-0.25, -0.2) is 9.97 Å². The average Bonchev–Trinajstić information content (AvgIpc) is 2.49. The Morgan fingerprint density at radius 1 is 1.25 bits per heavy atom. The maximum atomic E-state index is 5.46. The lowest BCUT2D eigenvalue weighted by atomic mass is 10.1. The van der Waals surface area contributed by atoms with Crippen LogP contribution in [0, 0.1) is 0 Å². The fourth-order valence-electron chi connectivity index (χ4n) is 2.25. The van der Waals surface area contributed by atoms with Crippen LogP contribution in [-0.2, 0) is 11.2 Å². The van der Waals surface area contributed by atoms with Gasteiger partial charge >= 0.3 is 0 Å². The first kappa shape index (κ1) is 13.7. The fraction of sp³-hybridized carbons (Fsp3) is 0.333. The number of nitrogens with zero attached hydrogens (tertiary/aromatic N) is 2. The van der Waals surface area contributed by atoms with Crippen LogP contribution in [0.1, 0.15) is 5.82 Å². The summed E-state index contributed by atoms with van der Waals surface area (Å²) < 4.78 is 6.53. The van der Waals surface area contributed by atoms with Gasteiger partial charge in [0.1, 0.15) is 5.82 Å². The van der Waals surface area contributed by atoms with E-state index in [0.29, 0.717) is 6.04 Å². The van der Waals surface area contributed by atoms with Crippen LogP contribution in [0.4, 0.5) is 0 Å². The zero-order valence-corrected chi connectivity index (χ0v) is 12.6. The minimum absolute atomic E-state index is 0.309. The maximum absolute atomic E-state index is 5.46. The number of rotatable bonds is 3. The predicted octanol–water partition coefficient (Wildman–Crippen LogP) is 2.44. The van der Waals surface area contributed by atoms with Gasteiger partial charge in [0.2, 0.25) is 0 Å². The van der Waals surface area contributed by atoms with Gasteiger partial charge in [0, 0.05) is 35.2 Å². The highest BCUT2D eigenvalue weighted by Crippen LogP contribution is 2.19. The standard InChI is InChI=1S/C15H16BrN3O/c16-12-3-1-11(2-4-12)14-5-6-18-15(19-14)9-13-10-20-8-7-17-13/h1-6,13,17H,7-10H2. The fourth-order valence-corrected chi connectivity index (χ4v) is 2.51. The first-order valence-corrected chi connectivity index (χ1v) is 7.49. The van der Waals surface area contributed by atoms with Gasteiger partial charge in [0.15, 0.2) is 0 Å². The molecule has 0 bridgehead atoms. The SMILES string of the molecule is Brc1ccc(-c2ccnc(CC3COCCN3)n2)cc1. The Morgan fingerprint density at radius 2 is 2.10 bits per heavy atom. The lowest BCUT2D eigenvalue weighted by Gasteiger charge is -2.23. The summed E-state index contributed by atoms with van der Waals surface area (Å²) in [6.45, 7) is 2.42. The third kappa shape index (κ3) is 3.42. The summed E-state index contributed by atoms with van der Waals surface area (Å²) in [5, 5.41) is 3.42. The van der Waals surface area contributed by atoms with Crippen molar-refractivity contribution in [3.8, 4) is 11.3 Å². The quantitative estimate of drug-likeness (QED) is 0.937. The number of hydrogen-bond donors (Lipinski definition) is 1. The minimum Gasteiger partial charge on any atom is -0.379 e. The highest BCUT2D eigenvalue weighted by molar-refractivity contribution is 9.10. The molecule has 2 aromatic rings. The van der Waals surface area contributed by atoms with E-state index in [9.17, 15) is 0 Å². The van der Waals surface area contributed by atoms with Crippen LogP contribution in [0.3, 0.4) is 0 Å². The molecule has 2 heterocycles. The molecular formula is C15H16BrN3O. The minimum atomic E-state index is 0.309. The highest BCUT2D eigenvalue weighted by Gasteiger charge is 2.15. The van der Waals surface area contributed by atoms with E-state index in [1.54, 1.807) is 0 Å². The van der Waals surface area contributed by atoms with Crippen molar-refractivity contribution in [2.24, 2.45) is 0 Å². The molecule has 1 aliphatic rings. The molecule has 1 aliphatic heterocycles. The van der Waals surface area contributed by atoms with Crippen molar-refractivity contribution in [3.63, 3.8) is 0 Å². The summed E-state index contributed by atoms with van der Waals surface area (Å²) in [5.41, 5.74) is 2.06. The van der Waals surface area contributed by atoms with Crippen LogP contribution in [0.5, 0.6) is 0 Å². The van der Waals surface area contributed by atoms with E-state index in [4.69, 9.17) is 4.74 Å². The molecule has 4 nitrogen and oxygen atoms in total. The molecule has 1 fully saturated rings. The molecule has 0 amide bonds. The van der Waals surface area contributed by atoms with E-state index in [2.05, 4.69) is 43.3 Å². The van der Waals surface area contributed by atoms with Crippen LogP contribution in [0.25, 0.3) is 11.3 Å². The Balaban J connectivity index is 1.76. The first-order valence-electron chi connectivity index (χ1n) is 6.70. The van der Waals surface area contributed by atoms with E-state index in [0.717, 1.165) is 47.7 Å². The molecule has 104 valence electrons. The van der Waals surface area contributed by atoms with E-state index in [1.165, 1.54) is 0 Å². The van der Waals surface area contributed by atoms with Crippen LogP contribution >= 0.6 is 15.9 Å². The van der Waals surface area contributed by atoms with Gasteiger partial charge in [0.05, 0.1) is 18.9 Å². The molecule has 0 aliphatic carbocycles. The maximum Gasteiger partial charge on any atom is 0.130 e. The largest absolute Gasteiger partial charge is 0.379 e. The molecule has 1 atom stereocenters. The van der Waals surface area contributed by atoms with Crippen molar-refractivity contribution in [1.82, 2.24) is 15.3 Å². The van der Waals surface area contributed by atoms with Crippen LogP contribution in [-0.4, -0.2) is 35.8 Å². The second kappa shape index (κ2) is 6.43. The average molecular weight is 334 g/mol. The van der Waals surface area contributed by atoms with Crippen molar-refractivity contribution in [2.45, 2.75) is 12.5 Å². The lowest BCUT2D eigenvalue weighted by Crippen LogP contribution is -2.42. The van der Waals surface area contributed by atoms with Crippen molar-refractivity contribution in [1.29, 1.82) is 0 Å². The summed E-state index contributed by atoms with van der Waals surface area (Å²) in [6, 6.07) is 10.4. The number of hydrogen-bond acceptors (Lipinski definition) is 4. The smallest absolute Gasteiger partial charge is 0.130 e. The van der Waals surface area contributed by atoms with Gasteiger partial charge in [0.25, 0.3) is 0 Å². The molecule has 1 aromatic carbocycles. The van der Waals surface area contributed by atoms with Gasteiger partial charge in [-0.2, -0.15) is 0 Å². The van der Waals surface area contributed by atoms with E-state index in [-0.39, 0.29) is 0 Å². The first-order chi connectivity index (χ1) is 9.81. The van der Waals surface area contributed by atoms with Crippen molar-refractivity contribution in [3.05, 3.63) is 46.8 Å². The number of halogens is 1. The summed E-state index contributed by atoms with van der Waals surface area (Å²) in [7, 11) is 0. The van der Waals surface area contributed by atoms with Crippen molar-refractivity contribution >= 4 is 15.9 Å². The summed E-state index contributed by atoms with van der Waals surface area (Å²) in [6.07, 6.45) is 2.62. The second-order valence-corrected chi connectivity index (χ2v) is 5.71. The number of ether oxygens (including phenoxy) is 1. The summed E-state index contributed by atoms with van der Waals surface area (Å²) in [4.78, 5) is 9.01. The van der Waals surface area contributed by atoms with E-state index < -0.39 is 0 Å². The Bertz CT molecular complexity index is 568. The van der Waals surface area contributed by atoms with E-state index in [1.807, 2.05) is 24.4 Å². The number of benzene rings is 1. The molecule has 5 heteroatoms. The van der Waals surface area contributed by atoms with Crippen LogP contribution in [0.2, 0.25) is 0 Å². The Kier molecular flexibility index (Phi) is 4.40. The topological polar surface area (TPSA) is 47.0 Å². The number of aromatic nitrogens is 2. The van der Waals surface area contributed by atoms with Crippen LogP contribution in [0.15, 0.2) is 41.0 Å². The molecule has 0 spiro atoms. The lowest BCUT2D eigenvalue weighted by molar-refractivity contribution is 0.0764. The molecule has 1 N–H and O–H groups in total. The van der Waals surface area contributed by atoms with Crippen LogP contribution < -0.4 is 5.32 Å². The van der Waals surface area contributed by atoms with Gasteiger partial charge in [-0.05, 0) is 18.2 Å². The van der Waals surface area contributed by atoms with Gasteiger partial charge in [-0.3, -0.25) is 0 Å². The van der Waals surface area contributed by atoms with Gasteiger partial charge < -0.3 is 10.1 Å². The highest BCUT2D eigenvalue weighted by atomic mass is 79.9. The molecule has 20 heavy (non-hydrogen) atoms. The zero-order valence-electron chi connectivity index (χ0n) is 11.1. The third-order valence-corrected chi connectivity index (χ3v) is 3.80. The van der Waals surface area contributed by atoms with Crippen molar-refractivity contribution in [2.75, 3.05) is 19.8 Å². The molecule has 0 saturated carbocycles. The monoisotopic (exact) mass is 333 g/mol. The summed E-state index contributed by atoms with van der Waals surface area (Å²) >= 11 is 3.44. The second-order valence-electron chi connectivity index (χ2n) is 4.80. The Morgan fingerprint density at radius 3 is 2.85 bits per heavy atom. The van der Waals surface area contributed by atoms with E-state index >= 15 is 0 Å². The van der Waals surface area contributed by atoms with Gasteiger partial charge in [-0.1, -0.05) is 28.1 Å². The molecule has 0 radical (unpaired) electrons. The zero-order chi connectivity index (χ0) is 13.8. The van der Waals surface area contributed by atoms with Gasteiger partial charge in [-0.15, -0.1) is 0 Å². The normalized spacial score (nSPS) is 18.9. The summed E-state index contributed by atoms with van der Waals surface area (Å²) in [5.74, 6) is 0.855. The number of nitrogens with one attached hydrogen (secondary N) is 1. The molecule has 3 rings (SSSR count). The predicted molar refractivity (Wildman–Crippen MR) is 81.5 cm³/mol. The molecule has 1 saturated heterocycles.